The zero-order valence-corrected chi connectivity index (χ0v) is 19.5. The largest absolute Gasteiger partial charge is 0.482 e. The van der Waals surface area contributed by atoms with E-state index in [-0.39, 0.29) is 5.91 Å². The van der Waals surface area contributed by atoms with E-state index in [0.29, 0.717) is 22.1 Å². The Morgan fingerprint density at radius 3 is 2.76 bits per heavy atom. The van der Waals surface area contributed by atoms with Gasteiger partial charge in [-0.1, -0.05) is 29.5 Å². The molecule has 4 aromatic heterocycles. The summed E-state index contributed by atoms with van der Waals surface area (Å²) in [7, 11) is 1.64. The topological polar surface area (TPSA) is 107 Å². The molecule has 4 heterocycles. The zero-order valence-electron chi connectivity index (χ0n) is 17.8. The molecule has 5 rings (SSSR count). The highest BCUT2D eigenvalue weighted by atomic mass is 32.1. The van der Waals surface area contributed by atoms with Crippen LogP contribution >= 0.6 is 22.7 Å². The van der Waals surface area contributed by atoms with Crippen molar-refractivity contribution in [2.75, 3.05) is 23.5 Å². The third-order valence-electron chi connectivity index (χ3n) is 5.00. The number of pyridine rings is 1. The van der Waals surface area contributed by atoms with E-state index >= 15 is 0 Å². The van der Waals surface area contributed by atoms with Crippen molar-refractivity contribution in [3.63, 3.8) is 0 Å². The molecule has 8 nitrogen and oxygen atoms in total. The number of imidazole rings is 1. The summed E-state index contributed by atoms with van der Waals surface area (Å²) in [6.07, 6.45) is 1.81. The second kappa shape index (κ2) is 8.57. The molecule has 10 heteroatoms. The molecule has 0 bridgehead atoms. The van der Waals surface area contributed by atoms with Gasteiger partial charge < -0.3 is 21.1 Å². The van der Waals surface area contributed by atoms with Crippen LogP contribution in [0.5, 0.6) is 5.88 Å². The molecule has 0 unspecified atom stereocenters. The monoisotopic (exact) mass is 476 g/mol. The number of carbonyl (C=O) groups excluding carboxylic acids is 1. The minimum absolute atomic E-state index is 0.209. The molecule has 1 amide bonds. The minimum Gasteiger partial charge on any atom is -0.482 e. The standard InChI is InChI=1S/C23H20N6O2S2/c1-13-21(29-18(26-13)8-5-9-20(29)31-2)17-12-25-23(33-17)28-19-11-10-16(32-19)22(30)27-15-7-4-3-6-14(15)24/h3-12H,24H2,1-2H3,(H,25,28)(H,27,30). The Bertz CT molecular complexity index is 1470. The number of methoxy groups -OCH3 is 1. The molecule has 4 N–H and O–H groups in total. The SMILES string of the molecule is COc1cccc2nc(C)c(-c3cnc(Nc4ccc(C(=O)Nc5ccccc5N)s4)s3)n12. The van der Waals surface area contributed by atoms with Crippen LogP contribution in [-0.4, -0.2) is 27.4 Å². The van der Waals surface area contributed by atoms with Crippen molar-refractivity contribution in [3.8, 4) is 16.5 Å². The third-order valence-corrected chi connectivity index (χ3v) is 6.92. The van der Waals surface area contributed by atoms with E-state index in [1.807, 2.05) is 53.9 Å². The van der Waals surface area contributed by atoms with E-state index in [9.17, 15) is 4.79 Å². The second-order valence-corrected chi connectivity index (χ2v) is 9.28. The van der Waals surface area contributed by atoms with E-state index < -0.39 is 0 Å². The number of fused-ring (bicyclic) bond motifs is 1. The number of hydrogen-bond donors (Lipinski definition) is 3. The quantitative estimate of drug-likeness (QED) is 0.283. The fraction of sp³-hybridized carbons (Fsp3) is 0.0870. The summed E-state index contributed by atoms with van der Waals surface area (Å²) in [5, 5.41) is 7.67. The van der Waals surface area contributed by atoms with E-state index in [1.165, 1.54) is 22.7 Å². The van der Waals surface area contributed by atoms with Crippen LogP contribution in [0.15, 0.2) is 60.8 Å². The Morgan fingerprint density at radius 2 is 1.94 bits per heavy atom. The van der Waals surface area contributed by atoms with Crippen molar-refractivity contribution in [2.24, 2.45) is 0 Å². The molecule has 33 heavy (non-hydrogen) atoms. The van der Waals surface area contributed by atoms with Gasteiger partial charge in [0.1, 0.15) is 5.65 Å². The van der Waals surface area contributed by atoms with Crippen LogP contribution in [0.25, 0.3) is 16.2 Å². The number of hydrogen-bond acceptors (Lipinski definition) is 8. The molecule has 0 aliphatic heterocycles. The van der Waals surface area contributed by atoms with Gasteiger partial charge in [0, 0.05) is 6.20 Å². The number of nitrogens with two attached hydrogens (primary N) is 1. The van der Waals surface area contributed by atoms with Gasteiger partial charge in [-0.15, -0.1) is 11.3 Å². The molecule has 0 saturated heterocycles. The molecule has 166 valence electrons. The maximum atomic E-state index is 12.6. The first-order valence-corrected chi connectivity index (χ1v) is 11.7. The Labute approximate surface area is 197 Å². The second-order valence-electron chi connectivity index (χ2n) is 7.17. The number of amides is 1. The number of nitrogens with one attached hydrogen (secondary N) is 2. The molecule has 0 aliphatic rings. The van der Waals surface area contributed by atoms with Crippen molar-refractivity contribution in [1.82, 2.24) is 14.4 Å². The van der Waals surface area contributed by atoms with Gasteiger partial charge in [0.05, 0.1) is 44.6 Å². The smallest absolute Gasteiger partial charge is 0.265 e. The van der Waals surface area contributed by atoms with E-state index in [0.717, 1.165) is 32.0 Å². The van der Waals surface area contributed by atoms with Gasteiger partial charge in [0.2, 0.25) is 0 Å². The molecule has 0 atom stereocenters. The predicted molar refractivity (Wildman–Crippen MR) is 134 cm³/mol. The first kappa shape index (κ1) is 21.0. The van der Waals surface area contributed by atoms with E-state index in [2.05, 4.69) is 20.6 Å². The number of carbonyl (C=O) groups is 1. The number of aryl methyl sites for hydroxylation is 1. The molecule has 0 aliphatic carbocycles. The number of aromatic nitrogens is 3. The first-order chi connectivity index (χ1) is 16.0. The van der Waals surface area contributed by atoms with Crippen LogP contribution in [0.4, 0.5) is 21.5 Å². The van der Waals surface area contributed by atoms with Crippen molar-refractivity contribution in [2.45, 2.75) is 6.92 Å². The lowest BCUT2D eigenvalue weighted by Crippen LogP contribution is -2.11. The van der Waals surface area contributed by atoms with Gasteiger partial charge in [-0.05, 0) is 43.3 Å². The van der Waals surface area contributed by atoms with Gasteiger partial charge in [-0.25, -0.2) is 9.97 Å². The highest BCUT2D eigenvalue weighted by Crippen LogP contribution is 2.36. The summed E-state index contributed by atoms with van der Waals surface area (Å²) >= 11 is 2.85. The molecule has 0 fully saturated rings. The Kier molecular flexibility index (Phi) is 5.45. The van der Waals surface area contributed by atoms with Crippen molar-refractivity contribution >= 4 is 55.7 Å². The Morgan fingerprint density at radius 1 is 1.09 bits per heavy atom. The van der Waals surface area contributed by atoms with Crippen LogP contribution in [0, 0.1) is 6.92 Å². The molecule has 1 aromatic carbocycles. The number of ether oxygens (including phenoxy) is 1. The highest BCUT2D eigenvalue weighted by molar-refractivity contribution is 7.20. The number of nitrogen functional groups attached to an aromatic ring is 1. The number of rotatable bonds is 6. The summed E-state index contributed by atoms with van der Waals surface area (Å²) in [6.45, 7) is 1.97. The van der Waals surface area contributed by atoms with Crippen LogP contribution in [0.2, 0.25) is 0 Å². The number of nitrogens with zero attached hydrogens (tertiary/aromatic N) is 3. The number of para-hydroxylation sites is 2. The molecular weight excluding hydrogens is 456 g/mol. The number of anilines is 4. The maximum Gasteiger partial charge on any atom is 0.265 e. The van der Waals surface area contributed by atoms with Gasteiger partial charge >= 0.3 is 0 Å². The Hall–Kier alpha value is -3.89. The summed E-state index contributed by atoms with van der Waals surface area (Å²) in [4.78, 5) is 23.3. The third kappa shape index (κ3) is 4.01. The van der Waals surface area contributed by atoms with Crippen molar-refractivity contribution < 1.29 is 9.53 Å². The predicted octanol–water partition coefficient (Wildman–Crippen LogP) is 5.41. The summed E-state index contributed by atoms with van der Waals surface area (Å²) in [5.74, 6) is 0.498. The number of thiazole rings is 1. The van der Waals surface area contributed by atoms with Crippen LogP contribution in [0.1, 0.15) is 15.4 Å². The molecule has 0 saturated carbocycles. The van der Waals surface area contributed by atoms with Crippen LogP contribution < -0.4 is 21.1 Å². The fourth-order valence-electron chi connectivity index (χ4n) is 3.49. The number of thiophene rings is 1. The molecular formula is C23H20N6O2S2. The summed E-state index contributed by atoms with van der Waals surface area (Å²) in [5.41, 5.74) is 9.69. The van der Waals surface area contributed by atoms with Crippen LogP contribution in [-0.2, 0) is 0 Å². The summed E-state index contributed by atoms with van der Waals surface area (Å²) in [6, 6.07) is 16.6. The normalized spacial score (nSPS) is 11.0. The van der Waals surface area contributed by atoms with Crippen molar-refractivity contribution in [1.29, 1.82) is 0 Å². The first-order valence-electron chi connectivity index (χ1n) is 10.0. The molecule has 5 aromatic rings. The lowest BCUT2D eigenvalue weighted by Gasteiger charge is -2.06. The minimum atomic E-state index is -0.209. The average Bonchev–Trinajstić information content (AvgIpc) is 3.53. The maximum absolute atomic E-state index is 12.6. The molecule has 0 radical (unpaired) electrons. The Balaban J connectivity index is 1.36. The lowest BCUT2D eigenvalue weighted by molar-refractivity contribution is 0.103. The average molecular weight is 477 g/mol. The van der Waals surface area contributed by atoms with Gasteiger partial charge in [-0.3, -0.25) is 9.20 Å². The molecule has 0 spiro atoms. The van der Waals surface area contributed by atoms with E-state index in [1.54, 1.807) is 25.3 Å². The fourth-order valence-corrected chi connectivity index (χ4v) is 5.27. The lowest BCUT2D eigenvalue weighted by atomic mass is 10.2. The van der Waals surface area contributed by atoms with Crippen LogP contribution in [0.3, 0.4) is 0 Å². The summed E-state index contributed by atoms with van der Waals surface area (Å²) < 4.78 is 7.51. The van der Waals surface area contributed by atoms with Crippen molar-refractivity contribution in [3.05, 3.63) is 71.4 Å². The highest BCUT2D eigenvalue weighted by Gasteiger charge is 2.17. The van der Waals surface area contributed by atoms with Gasteiger partial charge in [0.25, 0.3) is 5.91 Å². The van der Waals surface area contributed by atoms with Gasteiger partial charge in [0.15, 0.2) is 11.0 Å². The van der Waals surface area contributed by atoms with Gasteiger partial charge in [-0.2, -0.15) is 0 Å². The number of benzene rings is 1. The zero-order chi connectivity index (χ0) is 22.9. The van der Waals surface area contributed by atoms with E-state index in [4.69, 9.17) is 10.5 Å².